The molecule has 18 heavy (non-hydrogen) atoms. The summed E-state index contributed by atoms with van der Waals surface area (Å²) in [6.07, 6.45) is 1.30. The van der Waals surface area contributed by atoms with Gasteiger partial charge in [-0.2, -0.15) is 10.2 Å². The van der Waals surface area contributed by atoms with Gasteiger partial charge in [-0.1, -0.05) is 23.4 Å². The van der Waals surface area contributed by atoms with Gasteiger partial charge in [-0.15, -0.1) is 0 Å². The molecule has 1 aromatic heterocycles. The van der Waals surface area contributed by atoms with Gasteiger partial charge < -0.3 is 10.2 Å². The lowest BCUT2D eigenvalue weighted by Gasteiger charge is -2.04. The zero-order valence-electron chi connectivity index (χ0n) is 8.83. The van der Waals surface area contributed by atoms with E-state index in [2.05, 4.69) is 9.97 Å². The maximum absolute atomic E-state index is 9.51. The first-order chi connectivity index (χ1) is 8.60. The number of aromatic nitrogens is 2. The average Bonchev–Trinajstić information content (AvgIpc) is 2.33. The van der Waals surface area contributed by atoms with Crippen LogP contribution in [0.3, 0.4) is 0 Å². The third-order valence-electron chi connectivity index (χ3n) is 2.01. The summed E-state index contributed by atoms with van der Waals surface area (Å²) in [7, 11) is 0. The first-order valence-corrected chi connectivity index (χ1v) is 5.92. The van der Waals surface area contributed by atoms with Crippen molar-refractivity contribution in [3.8, 4) is 18.0 Å². The minimum absolute atomic E-state index is 0.312. The molecule has 0 aliphatic carbocycles. The lowest BCUT2D eigenvalue weighted by molar-refractivity contribution is 0.388. The molecule has 0 saturated heterocycles. The molecular formula is C11H6ClN3O2S. The van der Waals surface area contributed by atoms with Crippen LogP contribution < -0.4 is 0 Å². The first kappa shape index (κ1) is 12.5. The molecule has 0 radical (unpaired) electrons. The molecule has 2 aromatic rings. The maximum Gasteiger partial charge on any atom is 0.317 e. The quantitative estimate of drug-likeness (QED) is 0.878. The summed E-state index contributed by atoms with van der Waals surface area (Å²) in [5.41, 5.74) is 0.382. The fraction of sp³-hybridized carbons (Fsp3) is 0. The molecule has 0 amide bonds. The molecule has 90 valence electrons. The molecule has 0 bridgehead atoms. The Hall–Kier alpha value is -1.97. The summed E-state index contributed by atoms with van der Waals surface area (Å²) in [5, 5.41) is 27.6. The highest BCUT2D eigenvalue weighted by Crippen LogP contribution is 2.34. The van der Waals surface area contributed by atoms with Gasteiger partial charge in [0.2, 0.25) is 5.88 Å². The summed E-state index contributed by atoms with van der Waals surface area (Å²) in [5.74, 6) is -0.312. The van der Waals surface area contributed by atoms with E-state index in [1.165, 1.54) is 18.0 Å². The molecular weight excluding hydrogens is 274 g/mol. The number of nitriles is 1. The number of nitrogens with zero attached hydrogens (tertiary/aromatic N) is 3. The second-order valence-electron chi connectivity index (χ2n) is 3.21. The minimum Gasteiger partial charge on any atom is -0.492 e. The van der Waals surface area contributed by atoms with Crippen LogP contribution in [0.1, 0.15) is 5.56 Å². The standard InChI is InChI=1S/C11H6ClN3O2S/c12-8-3-7(2-1-6(8)4-13)18-9-5-14-11(17)15-10(9)16/h1-3,5H,(H2,14,15,16,17). The van der Waals surface area contributed by atoms with Crippen molar-refractivity contribution in [3.05, 3.63) is 35.0 Å². The van der Waals surface area contributed by atoms with Crippen molar-refractivity contribution in [2.24, 2.45) is 0 Å². The second kappa shape index (κ2) is 5.12. The molecule has 0 unspecified atom stereocenters. The molecule has 1 aromatic carbocycles. The molecule has 2 rings (SSSR count). The Balaban J connectivity index is 2.29. The second-order valence-corrected chi connectivity index (χ2v) is 4.74. The minimum atomic E-state index is -0.491. The van der Waals surface area contributed by atoms with E-state index in [-0.39, 0.29) is 5.88 Å². The normalized spacial score (nSPS) is 10.0. The number of hydrogen-bond donors (Lipinski definition) is 2. The van der Waals surface area contributed by atoms with Crippen LogP contribution in [0.15, 0.2) is 34.2 Å². The van der Waals surface area contributed by atoms with Crippen LogP contribution in [0.4, 0.5) is 0 Å². The van der Waals surface area contributed by atoms with E-state index in [1.54, 1.807) is 18.2 Å². The van der Waals surface area contributed by atoms with Gasteiger partial charge in [-0.05, 0) is 18.2 Å². The summed E-state index contributed by atoms with van der Waals surface area (Å²) in [4.78, 5) is 8.10. The van der Waals surface area contributed by atoms with Crippen LogP contribution in [-0.2, 0) is 0 Å². The largest absolute Gasteiger partial charge is 0.492 e. The SMILES string of the molecule is N#Cc1ccc(Sc2cnc(O)nc2O)cc1Cl. The van der Waals surface area contributed by atoms with Crippen molar-refractivity contribution in [2.75, 3.05) is 0 Å². The Bertz CT molecular complexity index is 643. The van der Waals surface area contributed by atoms with E-state index < -0.39 is 6.01 Å². The zero-order chi connectivity index (χ0) is 13.1. The number of rotatable bonds is 2. The Morgan fingerprint density at radius 3 is 2.72 bits per heavy atom. The Morgan fingerprint density at radius 1 is 1.33 bits per heavy atom. The predicted octanol–water partition coefficient (Wildman–Crippen LogP) is 2.56. The molecule has 1 heterocycles. The topological polar surface area (TPSA) is 90.0 Å². The van der Waals surface area contributed by atoms with Crippen molar-refractivity contribution in [2.45, 2.75) is 9.79 Å². The van der Waals surface area contributed by atoms with E-state index in [1.807, 2.05) is 6.07 Å². The van der Waals surface area contributed by atoms with Crippen LogP contribution >= 0.6 is 23.4 Å². The summed E-state index contributed by atoms with van der Waals surface area (Å²) in [6, 6.07) is 6.36. The molecule has 0 spiro atoms. The zero-order valence-corrected chi connectivity index (χ0v) is 10.4. The van der Waals surface area contributed by atoms with Crippen molar-refractivity contribution in [3.63, 3.8) is 0 Å². The summed E-state index contributed by atoms with van der Waals surface area (Å²) >= 11 is 7.07. The molecule has 0 aliphatic heterocycles. The van der Waals surface area contributed by atoms with Gasteiger partial charge in [0.05, 0.1) is 21.7 Å². The van der Waals surface area contributed by atoms with Crippen LogP contribution in [0, 0.1) is 11.3 Å². The van der Waals surface area contributed by atoms with E-state index in [9.17, 15) is 5.11 Å². The molecule has 0 aliphatic rings. The Kier molecular flexibility index (Phi) is 3.55. The maximum atomic E-state index is 9.51. The fourth-order valence-electron chi connectivity index (χ4n) is 1.20. The lowest BCUT2D eigenvalue weighted by atomic mass is 10.2. The van der Waals surface area contributed by atoms with Crippen LogP contribution in [0.2, 0.25) is 5.02 Å². The highest BCUT2D eigenvalue weighted by Gasteiger charge is 2.08. The van der Waals surface area contributed by atoms with Gasteiger partial charge in [0.25, 0.3) is 0 Å². The van der Waals surface area contributed by atoms with Crippen molar-refractivity contribution in [1.29, 1.82) is 5.26 Å². The molecule has 0 fully saturated rings. The van der Waals surface area contributed by atoms with Gasteiger partial charge in [0.15, 0.2) is 0 Å². The smallest absolute Gasteiger partial charge is 0.317 e. The van der Waals surface area contributed by atoms with Gasteiger partial charge in [-0.3, -0.25) is 0 Å². The number of halogens is 1. The average molecular weight is 280 g/mol. The number of benzene rings is 1. The van der Waals surface area contributed by atoms with Gasteiger partial charge >= 0.3 is 6.01 Å². The van der Waals surface area contributed by atoms with E-state index in [0.717, 1.165) is 4.90 Å². The Morgan fingerprint density at radius 2 is 2.11 bits per heavy atom. The third-order valence-corrected chi connectivity index (χ3v) is 3.32. The molecule has 0 atom stereocenters. The monoisotopic (exact) mass is 279 g/mol. The van der Waals surface area contributed by atoms with Crippen LogP contribution in [0.5, 0.6) is 11.9 Å². The van der Waals surface area contributed by atoms with Crippen molar-refractivity contribution in [1.82, 2.24) is 9.97 Å². The van der Waals surface area contributed by atoms with Crippen LogP contribution in [-0.4, -0.2) is 20.2 Å². The molecule has 5 nitrogen and oxygen atoms in total. The number of aromatic hydroxyl groups is 2. The van der Waals surface area contributed by atoms with Gasteiger partial charge in [0, 0.05) is 4.90 Å². The van der Waals surface area contributed by atoms with Gasteiger partial charge in [-0.25, -0.2) is 4.98 Å². The van der Waals surface area contributed by atoms with E-state index >= 15 is 0 Å². The van der Waals surface area contributed by atoms with Gasteiger partial charge in [0.1, 0.15) is 6.07 Å². The summed E-state index contributed by atoms with van der Waals surface area (Å²) < 4.78 is 0. The molecule has 7 heteroatoms. The first-order valence-electron chi connectivity index (χ1n) is 4.72. The third kappa shape index (κ3) is 2.64. The molecule has 2 N–H and O–H groups in total. The highest BCUT2D eigenvalue weighted by molar-refractivity contribution is 7.99. The predicted molar refractivity (Wildman–Crippen MR) is 65.7 cm³/mol. The van der Waals surface area contributed by atoms with Crippen LogP contribution in [0.25, 0.3) is 0 Å². The van der Waals surface area contributed by atoms with E-state index in [0.29, 0.717) is 15.5 Å². The van der Waals surface area contributed by atoms with E-state index in [4.69, 9.17) is 22.0 Å². The number of hydrogen-bond acceptors (Lipinski definition) is 6. The Labute approximate surface area is 112 Å². The fourth-order valence-corrected chi connectivity index (χ4v) is 2.30. The molecule has 0 saturated carbocycles. The van der Waals surface area contributed by atoms with Crippen molar-refractivity contribution < 1.29 is 10.2 Å². The highest BCUT2D eigenvalue weighted by atomic mass is 35.5. The van der Waals surface area contributed by atoms with Crippen molar-refractivity contribution >= 4 is 23.4 Å². The lowest BCUT2D eigenvalue weighted by Crippen LogP contribution is -1.85. The summed E-state index contributed by atoms with van der Waals surface area (Å²) in [6.45, 7) is 0.